The number of phenolic OH excluding ortho intramolecular Hbond substituents is 1. The minimum atomic E-state index is -0.354. The molecule has 0 bridgehead atoms. The molecule has 0 spiro atoms. The molecule has 0 saturated heterocycles. The van der Waals surface area contributed by atoms with Crippen LogP contribution < -0.4 is 9.47 Å². The van der Waals surface area contributed by atoms with Crippen molar-refractivity contribution in [3.05, 3.63) is 64.7 Å². The normalized spacial score (nSPS) is 16.0. The molecule has 1 N–H and O–H groups in total. The monoisotopic (exact) mass is 338 g/mol. The van der Waals surface area contributed by atoms with Crippen LogP contribution in [0.4, 0.5) is 0 Å². The summed E-state index contributed by atoms with van der Waals surface area (Å²) in [6.45, 7) is 6.23. The van der Waals surface area contributed by atoms with Crippen LogP contribution >= 0.6 is 0 Å². The Morgan fingerprint density at radius 3 is 2.72 bits per heavy atom. The van der Waals surface area contributed by atoms with Crippen LogP contribution in [0.2, 0.25) is 0 Å². The predicted octanol–water partition coefficient (Wildman–Crippen LogP) is 4.75. The molecule has 2 aromatic rings. The van der Waals surface area contributed by atoms with Crippen molar-refractivity contribution in [1.29, 1.82) is 0 Å². The van der Waals surface area contributed by atoms with E-state index in [2.05, 4.69) is 0 Å². The molecule has 3 rings (SSSR count). The first-order chi connectivity index (χ1) is 12.0. The molecule has 0 aromatic heterocycles. The largest absolute Gasteiger partial charge is 0.507 e. The number of Topliss-reactive ketones (excluding diaryl/α,β-unsaturated/α-hetero) is 1. The van der Waals surface area contributed by atoms with Crippen LogP contribution in [0.15, 0.2) is 48.0 Å². The molecule has 1 atom stereocenters. The third-order valence-corrected chi connectivity index (χ3v) is 4.27. The van der Waals surface area contributed by atoms with E-state index in [1.165, 1.54) is 6.07 Å². The topological polar surface area (TPSA) is 55.8 Å². The molecule has 2 aromatic carbocycles. The lowest BCUT2D eigenvalue weighted by molar-refractivity contribution is 0.0842. The van der Waals surface area contributed by atoms with Gasteiger partial charge in [-0.05, 0) is 32.4 Å². The Balaban J connectivity index is 1.96. The van der Waals surface area contributed by atoms with E-state index < -0.39 is 0 Å². The van der Waals surface area contributed by atoms with Gasteiger partial charge < -0.3 is 14.6 Å². The third kappa shape index (κ3) is 3.53. The molecule has 0 fully saturated rings. The number of allylic oxidation sites excluding steroid dienone is 1. The molecule has 1 aliphatic rings. The maximum atomic E-state index is 12.6. The zero-order chi connectivity index (χ0) is 18.0. The number of rotatable bonds is 4. The van der Waals surface area contributed by atoms with E-state index in [0.717, 1.165) is 16.7 Å². The van der Waals surface area contributed by atoms with Crippen molar-refractivity contribution >= 4 is 5.78 Å². The number of hydrogen-bond donors (Lipinski definition) is 1. The number of aromatic hydroxyl groups is 1. The highest BCUT2D eigenvalue weighted by atomic mass is 16.5. The minimum absolute atomic E-state index is 0.0932. The lowest BCUT2D eigenvalue weighted by Crippen LogP contribution is -2.21. The second-order valence-corrected chi connectivity index (χ2v) is 6.46. The minimum Gasteiger partial charge on any atom is -0.507 e. The van der Waals surface area contributed by atoms with E-state index in [-0.39, 0.29) is 29.6 Å². The van der Waals surface area contributed by atoms with Gasteiger partial charge in [0, 0.05) is 11.6 Å². The van der Waals surface area contributed by atoms with Crippen molar-refractivity contribution in [3.8, 4) is 17.2 Å². The van der Waals surface area contributed by atoms with Gasteiger partial charge in [0.1, 0.15) is 35.5 Å². The first kappa shape index (κ1) is 17.1. The summed E-state index contributed by atoms with van der Waals surface area (Å²) in [5, 5.41) is 10.3. The highest BCUT2D eigenvalue weighted by Crippen LogP contribution is 2.45. The molecule has 0 saturated carbocycles. The summed E-state index contributed by atoms with van der Waals surface area (Å²) in [4.78, 5) is 12.6. The highest BCUT2D eigenvalue weighted by molar-refractivity contribution is 6.03. The first-order valence-electron chi connectivity index (χ1n) is 8.35. The average molecular weight is 338 g/mol. The van der Waals surface area contributed by atoms with Crippen LogP contribution in [0.1, 0.15) is 47.9 Å². The zero-order valence-electron chi connectivity index (χ0n) is 14.7. The van der Waals surface area contributed by atoms with E-state index >= 15 is 0 Å². The van der Waals surface area contributed by atoms with Crippen molar-refractivity contribution < 1.29 is 19.4 Å². The number of phenols is 1. The van der Waals surface area contributed by atoms with Gasteiger partial charge in [0.15, 0.2) is 5.78 Å². The highest BCUT2D eigenvalue weighted by Gasteiger charge is 2.32. The molecule has 0 aliphatic carbocycles. The molecular weight excluding hydrogens is 316 g/mol. The van der Waals surface area contributed by atoms with Gasteiger partial charge in [0.25, 0.3) is 0 Å². The quantitative estimate of drug-likeness (QED) is 0.817. The van der Waals surface area contributed by atoms with Crippen LogP contribution in [0, 0.1) is 6.92 Å². The average Bonchev–Trinajstić information content (AvgIpc) is 2.59. The van der Waals surface area contributed by atoms with Crippen molar-refractivity contribution in [2.24, 2.45) is 0 Å². The van der Waals surface area contributed by atoms with Crippen LogP contribution in [-0.2, 0) is 0 Å². The van der Waals surface area contributed by atoms with Gasteiger partial charge in [-0.1, -0.05) is 35.9 Å². The SMILES string of the molecule is CC(C)=CCOc1cc(O)c2c(c1C)O[C@H](c1ccccc1)CC2=O. The van der Waals surface area contributed by atoms with Crippen molar-refractivity contribution in [2.45, 2.75) is 33.3 Å². The predicted molar refractivity (Wildman–Crippen MR) is 96.5 cm³/mol. The summed E-state index contributed by atoms with van der Waals surface area (Å²) in [7, 11) is 0. The maximum Gasteiger partial charge on any atom is 0.174 e. The van der Waals surface area contributed by atoms with Crippen molar-refractivity contribution in [2.75, 3.05) is 6.61 Å². The Morgan fingerprint density at radius 1 is 1.32 bits per heavy atom. The van der Waals surface area contributed by atoms with Gasteiger partial charge in [-0.25, -0.2) is 0 Å². The van der Waals surface area contributed by atoms with E-state index in [0.29, 0.717) is 18.1 Å². The fourth-order valence-electron chi connectivity index (χ4n) is 2.89. The number of benzene rings is 2. The Labute approximate surface area is 147 Å². The Morgan fingerprint density at radius 2 is 2.04 bits per heavy atom. The number of hydrogen-bond acceptors (Lipinski definition) is 4. The summed E-state index contributed by atoms with van der Waals surface area (Å²) < 4.78 is 11.8. The Kier molecular flexibility index (Phi) is 4.79. The van der Waals surface area contributed by atoms with Crippen LogP contribution in [0.5, 0.6) is 17.2 Å². The summed E-state index contributed by atoms with van der Waals surface area (Å²) in [5.41, 5.74) is 3.06. The number of ketones is 1. The second kappa shape index (κ2) is 7.01. The summed E-state index contributed by atoms with van der Waals surface area (Å²) >= 11 is 0. The van der Waals surface area contributed by atoms with Crippen LogP contribution in [0.25, 0.3) is 0 Å². The molecule has 130 valence electrons. The van der Waals surface area contributed by atoms with Crippen molar-refractivity contribution in [3.63, 3.8) is 0 Å². The second-order valence-electron chi connectivity index (χ2n) is 6.46. The summed E-state index contributed by atoms with van der Waals surface area (Å²) in [5.74, 6) is 0.725. The van der Waals surface area contributed by atoms with Gasteiger partial charge in [0.05, 0.1) is 6.42 Å². The standard InChI is InChI=1S/C21H22O4/c1-13(2)9-10-24-18-11-16(22)20-17(23)12-19(25-21(20)14(18)3)15-7-5-4-6-8-15/h4-9,11,19,22H,10,12H2,1-3H3/t19-/m0/s1. The van der Waals surface area contributed by atoms with E-state index in [4.69, 9.17) is 9.47 Å². The van der Waals surface area contributed by atoms with Crippen molar-refractivity contribution in [1.82, 2.24) is 0 Å². The van der Waals surface area contributed by atoms with Gasteiger partial charge in [-0.3, -0.25) is 4.79 Å². The number of carbonyl (C=O) groups excluding carboxylic acids is 1. The molecule has 4 nitrogen and oxygen atoms in total. The molecule has 0 radical (unpaired) electrons. The van der Waals surface area contributed by atoms with Crippen LogP contribution in [0.3, 0.4) is 0 Å². The maximum absolute atomic E-state index is 12.6. The molecule has 1 heterocycles. The summed E-state index contributed by atoms with van der Waals surface area (Å²) in [6.07, 6.45) is 1.81. The van der Waals surface area contributed by atoms with E-state index in [1.54, 1.807) is 0 Å². The fourth-order valence-corrected chi connectivity index (χ4v) is 2.89. The van der Waals surface area contributed by atoms with Gasteiger partial charge in [0.2, 0.25) is 0 Å². The molecule has 25 heavy (non-hydrogen) atoms. The van der Waals surface area contributed by atoms with Crippen LogP contribution in [-0.4, -0.2) is 17.5 Å². The Bertz CT molecular complexity index is 818. The third-order valence-electron chi connectivity index (χ3n) is 4.27. The molecule has 0 amide bonds. The molecule has 4 heteroatoms. The number of ether oxygens (including phenoxy) is 2. The van der Waals surface area contributed by atoms with Gasteiger partial charge >= 0.3 is 0 Å². The Hall–Kier alpha value is -2.75. The van der Waals surface area contributed by atoms with Gasteiger partial charge in [-0.2, -0.15) is 0 Å². The zero-order valence-corrected chi connectivity index (χ0v) is 14.7. The number of fused-ring (bicyclic) bond motifs is 1. The summed E-state index contributed by atoms with van der Waals surface area (Å²) in [6, 6.07) is 11.1. The molecule has 0 unspecified atom stereocenters. The smallest absolute Gasteiger partial charge is 0.174 e. The first-order valence-corrected chi connectivity index (χ1v) is 8.35. The van der Waals surface area contributed by atoms with E-state index in [9.17, 15) is 9.90 Å². The fraction of sp³-hybridized carbons (Fsp3) is 0.286. The molecular formula is C21H22O4. The lowest BCUT2D eigenvalue weighted by atomic mass is 9.93. The molecule has 1 aliphatic heterocycles. The van der Waals surface area contributed by atoms with E-state index in [1.807, 2.05) is 57.2 Å². The lowest BCUT2D eigenvalue weighted by Gasteiger charge is -2.28. The number of carbonyl (C=O) groups is 1. The van der Waals surface area contributed by atoms with Gasteiger partial charge in [-0.15, -0.1) is 0 Å².